The predicted octanol–water partition coefficient (Wildman–Crippen LogP) is 6.22. The molecule has 15 heteroatoms. The minimum atomic E-state index is -3.08. The minimum Gasteiger partial charge on any atom is -0.633 e. The first kappa shape index (κ1) is 34.9. The van der Waals surface area contributed by atoms with Gasteiger partial charge in [0, 0.05) is 66.1 Å². The second kappa shape index (κ2) is 13.4. The van der Waals surface area contributed by atoms with Crippen LogP contribution in [0, 0.1) is 35.3 Å². The van der Waals surface area contributed by atoms with Gasteiger partial charge in [0.05, 0.1) is 52.5 Å². The maximum Gasteiger partial charge on any atom is 0.338 e. The van der Waals surface area contributed by atoms with Crippen molar-refractivity contribution in [3.8, 4) is 29.0 Å². The van der Waals surface area contributed by atoms with Crippen molar-refractivity contribution in [2.24, 2.45) is 0 Å². The summed E-state index contributed by atoms with van der Waals surface area (Å²) in [5.41, 5.74) is 2.22. The molecule has 0 unspecified atom stereocenters. The first-order valence-electron chi connectivity index (χ1n) is 15.6. The second-order valence-corrected chi connectivity index (χ2v) is 13.8. The van der Waals surface area contributed by atoms with E-state index in [-0.39, 0.29) is 53.5 Å². The van der Waals surface area contributed by atoms with Crippen LogP contribution in [0.3, 0.4) is 0 Å². The number of aromatic carboxylic acids is 1. The Kier molecular flexibility index (Phi) is 9.33. The summed E-state index contributed by atoms with van der Waals surface area (Å²) >= 11 is 7.62. The highest BCUT2D eigenvalue weighted by molar-refractivity contribution is 7.18. The third kappa shape index (κ3) is 6.75. The van der Waals surface area contributed by atoms with Crippen LogP contribution in [0.2, 0.25) is 5.02 Å². The lowest BCUT2D eigenvalue weighted by atomic mass is 10.00. The van der Waals surface area contributed by atoms with Gasteiger partial charge in [0.15, 0.2) is 0 Å². The van der Waals surface area contributed by atoms with Gasteiger partial charge in [-0.1, -0.05) is 23.4 Å². The Morgan fingerprint density at radius 2 is 2.00 bits per heavy atom. The largest absolute Gasteiger partial charge is 0.633 e. The molecule has 0 atom stereocenters. The molecule has 1 N–H and O–H groups in total. The number of halogens is 3. The Balaban J connectivity index is 1.32. The third-order valence-corrected chi connectivity index (χ3v) is 10.1. The van der Waals surface area contributed by atoms with Crippen molar-refractivity contribution >= 4 is 55.8 Å². The van der Waals surface area contributed by atoms with Crippen molar-refractivity contribution in [1.82, 2.24) is 19.5 Å². The number of hydroxylamine groups is 3. The van der Waals surface area contributed by atoms with Crippen molar-refractivity contribution in [3.05, 3.63) is 85.1 Å². The summed E-state index contributed by atoms with van der Waals surface area (Å²) < 4.78 is 28.3. The molecule has 50 heavy (non-hydrogen) atoms. The van der Waals surface area contributed by atoms with Gasteiger partial charge in [-0.25, -0.2) is 23.5 Å². The van der Waals surface area contributed by atoms with Crippen LogP contribution < -0.4 is 10.5 Å². The number of carboxylic acid groups (broad SMARTS) is 1. The normalized spacial score (nSPS) is 17.7. The number of anilines is 1. The number of alkyl halides is 2. The molecule has 6 rings (SSSR count). The number of hydrogen-bond donors (Lipinski definition) is 1. The van der Waals surface area contributed by atoms with Crippen LogP contribution >= 0.6 is 22.9 Å². The molecule has 0 bridgehead atoms. The van der Waals surface area contributed by atoms with E-state index in [1.165, 1.54) is 33.7 Å². The Bertz CT molecular complexity index is 2330. The quantitative estimate of drug-likeness (QED) is 0.118. The zero-order valence-electron chi connectivity index (χ0n) is 27.2. The average molecular weight is 718 g/mol. The number of pyridine rings is 2. The number of quaternary nitrogens is 1. The standard InChI is InChI=1S/C35H30ClF2N7O4S/c1-20-42-28-17-41-32(43(3)23-9-13-45(49,14-10-23)19-35(2,37)38)26(16-39)29(28)33(46)44(20)12-4-5-21-6-7-22(36)15-25(21)24-8-11-40-30-27(34(47)48)18-50-31(24)30/h6-8,11,15,17-18,23H,9-10,12-14,19H2,1-3H3,(H,47,48). The lowest BCUT2D eigenvalue weighted by Crippen LogP contribution is -2.56. The van der Waals surface area contributed by atoms with Gasteiger partial charge in [-0.05, 0) is 31.2 Å². The molecule has 1 aromatic carbocycles. The fraction of sp³-hybridized carbons (Fsp3) is 0.314. The smallest absolute Gasteiger partial charge is 0.338 e. The van der Waals surface area contributed by atoms with Crippen molar-refractivity contribution in [2.75, 3.05) is 31.6 Å². The summed E-state index contributed by atoms with van der Waals surface area (Å²) in [6.45, 7) is 1.55. The summed E-state index contributed by atoms with van der Waals surface area (Å²) in [4.78, 5) is 40.7. The molecule has 5 heterocycles. The Labute approximate surface area is 294 Å². The van der Waals surface area contributed by atoms with E-state index < -0.39 is 28.6 Å². The highest BCUT2D eigenvalue weighted by Gasteiger charge is 2.37. The number of aryl methyl sites for hydroxylation is 1. The van der Waals surface area contributed by atoms with Gasteiger partial charge >= 0.3 is 5.97 Å². The number of nitrogens with zero attached hydrogens (tertiary/aromatic N) is 7. The van der Waals surface area contributed by atoms with Crippen LogP contribution in [-0.2, 0) is 6.54 Å². The lowest BCUT2D eigenvalue weighted by Gasteiger charge is -2.49. The van der Waals surface area contributed by atoms with Crippen LogP contribution in [0.15, 0.2) is 46.8 Å². The molecular formula is C35H30ClF2N7O4S. The fourth-order valence-corrected chi connectivity index (χ4v) is 7.68. The minimum absolute atomic E-state index is 0.00179. The molecule has 1 aliphatic rings. The number of thiophene rings is 1. The van der Waals surface area contributed by atoms with Gasteiger partial charge in [0.1, 0.15) is 29.8 Å². The molecule has 1 fully saturated rings. The van der Waals surface area contributed by atoms with E-state index in [2.05, 4.69) is 32.9 Å². The number of piperidine rings is 1. The van der Waals surface area contributed by atoms with E-state index in [0.29, 0.717) is 50.6 Å². The van der Waals surface area contributed by atoms with E-state index in [1.54, 1.807) is 43.1 Å². The monoisotopic (exact) mass is 717 g/mol. The highest BCUT2D eigenvalue weighted by Crippen LogP contribution is 2.37. The first-order chi connectivity index (χ1) is 23.7. The molecular weight excluding hydrogens is 688 g/mol. The van der Waals surface area contributed by atoms with Crippen molar-refractivity contribution in [2.45, 2.75) is 45.2 Å². The molecule has 11 nitrogen and oxygen atoms in total. The van der Waals surface area contributed by atoms with Gasteiger partial charge in [-0.2, -0.15) is 5.26 Å². The number of nitriles is 1. The van der Waals surface area contributed by atoms with Crippen LogP contribution in [0.4, 0.5) is 14.6 Å². The zero-order chi connectivity index (χ0) is 36.0. The van der Waals surface area contributed by atoms with Gasteiger partial charge in [0.2, 0.25) is 0 Å². The summed E-state index contributed by atoms with van der Waals surface area (Å²) in [6, 6.07) is 8.80. The molecule has 0 amide bonds. The summed E-state index contributed by atoms with van der Waals surface area (Å²) in [6.07, 6.45) is 3.59. The van der Waals surface area contributed by atoms with E-state index in [4.69, 9.17) is 11.6 Å². The highest BCUT2D eigenvalue weighted by atomic mass is 35.5. The number of fused-ring (bicyclic) bond motifs is 2. The van der Waals surface area contributed by atoms with Crippen molar-refractivity contribution < 1.29 is 23.3 Å². The number of carboxylic acids is 1. The maximum absolute atomic E-state index is 13.9. The van der Waals surface area contributed by atoms with Crippen LogP contribution in [0.25, 0.3) is 32.2 Å². The van der Waals surface area contributed by atoms with E-state index in [9.17, 15) is 33.9 Å². The molecule has 256 valence electrons. The van der Waals surface area contributed by atoms with Crippen LogP contribution in [-0.4, -0.2) is 73.9 Å². The van der Waals surface area contributed by atoms with Crippen LogP contribution in [0.5, 0.6) is 0 Å². The summed E-state index contributed by atoms with van der Waals surface area (Å²) in [5.74, 6) is 2.61. The molecule has 5 aromatic rings. The average Bonchev–Trinajstić information content (AvgIpc) is 3.50. The summed E-state index contributed by atoms with van der Waals surface area (Å²) in [7, 11) is 1.71. The number of hydrogen-bond acceptors (Lipinski definition) is 9. The molecule has 1 saturated heterocycles. The molecule has 4 aromatic heterocycles. The third-order valence-electron chi connectivity index (χ3n) is 8.89. The SMILES string of the molecule is Cc1nc2cnc(N(C)C3CC[N+]([O-])(CC(C)(F)F)CC3)c(C#N)c2c(=O)n1CC#Cc1ccc(Cl)cc1-c1ccnc2c(C(=O)O)csc12. The lowest BCUT2D eigenvalue weighted by molar-refractivity contribution is -0.892. The van der Waals surface area contributed by atoms with Crippen molar-refractivity contribution in [1.29, 1.82) is 5.26 Å². The predicted molar refractivity (Wildman–Crippen MR) is 187 cm³/mol. The molecule has 0 spiro atoms. The molecule has 1 aliphatic heterocycles. The number of carbonyl (C=O) groups is 1. The van der Waals surface area contributed by atoms with Gasteiger partial charge < -0.3 is 19.9 Å². The van der Waals surface area contributed by atoms with E-state index >= 15 is 0 Å². The number of benzene rings is 1. The Hall–Kier alpha value is -4.99. The fourth-order valence-electron chi connectivity index (χ4n) is 6.48. The van der Waals surface area contributed by atoms with Gasteiger partial charge in [0.25, 0.3) is 11.5 Å². The Morgan fingerprint density at radius 3 is 2.68 bits per heavy atom. The van der Waals surface area contributed by atoms with E-state index in [0.717, 1.165) is 6.92 Å². The van der Waals surface area contributed by atoms with Crippen molar-refractivity contribution in [3.63, 3.8) is 0 Å². The van der Waals surface area contributed by atoms with Gasteiger partial charge in [-0.3, -0.25) is 14.3 Å². The zero-order valence-corrected chi connectivity index (χ0v) is 28.8. The second-order valence-electron chi connectivity index (χ2n) is 12.4. The maximum atomic E-state index is 13.9. The molecule has 0 aliphatic carbocycles. The topological polar surface area (TPSA) is 148 Å². The first-order valence-corrected chi connectivity index (χ1v) is 16.8. The van der Waals surface area contributed by atoms with E-state index in [1.807, 2.05) is 0 Å². The number of rotatable bonds is 7. The molecule has 0 radical (unpaired) electrons. The van der Waals surface area contributed by atoms with Gasteiger partial charge in [-0.15, -0.1) is 11.3 Å². The summed E-state index contributed by atoms with van der Waals surface area (Å²) in [5, 5.41) is 34.8. The molecule has 0 saturated carbocycles. The Morgan fingerprint density at radius 1 is 1.26 bits per heavy atom. The van der Waals surface area contributed by atoms with Crippen LogP contribution in [0.1, 0.15) is 47.1 Å². The number of aromatic nitrogens is 4. The number of likely N-dealkylation sites (tertiary alicyclic amines) is 1.